The molecule has 28 heavy (non-hydrogen) atoms. The van der Waals surface area contributed by atoms with Crippen LogP contribution in [0.2, 0.25) is 0 Å². The van der Waals surface area contributed by atoms with E-state index in [1.807, 2.05) is 0 Å². The lowest BCUT2D eigenvalue weighted by Crippen LogP contribution is -2.54. The Morgan fingerprint density at radius 2 is 1.82 bits per heavy atom. The van der Waals surface area contributed by atoms with Gasteiger partial charge in [0.05, 0.1) is 14.7 Å². The van der Waals surface area contributed by atoms with Gasteiger partial charge in [-0.2, -0.15) is 0 Å². The molecular formula is C21H20F2N2O3. The van der Waals surface area contributed by atoms with Gasteiger partial charge < -0.3 is 15.0 Å². The first-order valence-electron chi connectivity index (χ1n) is 10.0. The minimum Gasteiger partial charge on any atom is -0.486 e. The smallest absolute Gasteiger partial charge is 0.317 e. The van der Waals surface area contributed by atoms with Crippen molar-refractivity contribution in [2.75, 3.05) is 13.1 Å². The van der Waals surface area contributed by atoms with E-state index in [4.69, 9.17) is 7.48 Å². The Hall–Kier alpha value is -2.96. The van der Waals surface area contributed by atoms with Crippen molar-refractivity contribution in [3.63, 3.8) is 0 Å². The van der Waals surface area contributed by atoms with E-state index in [1.165, 1.54) is 35.2 Å². The van der Waals surface area contributed by atoms with E-state index in [9.17, 15) is 18.4 Å². The highest BCUT2D eigenvalue weighted by molar-refractivity contribution is 6.00. The third kappa shape index (κ3) is 3.69. The van der Waals surface area contributed by atoms with Crippen molar-refractivity contribution in [3.05, 3.63) is 65.2 Å². The molecule has 0 saturated carbocycles. The number of carbonyl (C=O) groups is 2. The minimum atomic E-state index is -2.17. The Morgan fingerprint density at radius 3 is 2.54 bits per heavy atom. The second kappa shape index (κ2) is 7.22. The van der Waals surface area contributed by atoms with E-state index in [1.54, 1.807) is 0 Å². The third-order valence-electron chi connectivity index (χ3n) is 5.17. The van der Waals surface area contributed by atoms with Crippen LogP contribution in [0.1, 0.15) is 37.9 Å². The summed E-state index contributed by atoms with van der Waals surface area (Å²) in [5.41, 5.74) is -0.390. The number of nitrogens with zero attached hydrogens (tertiary/aromatic N) is 1. The predicted molar refractivity (Wildman–Crippen MR) is 98.1 cm³/mol. The first-order valence-corrected chi connectivity index (χ1v) is 9.02. The number of hydrogen-bond acceptors (Lipinski definition) is 3. The molecular weight excluding hydrogens is 366 g/mol. The fraction of sp³-hybridized carbons (Fsp3) is 0.333. The molecule has 4 rings (SSSR count). The maximum absolute atomic E-state index is 13.4. The molecule has 0 aliphatic carbocycles. The standard InChI is InChI=1S/C21H20F2N2O3/c22-15-3-1-14(2-4-15)13-24-20(27)25-9-7-21(8-10-25)12-18(26)17-11-16(23)5-6-19(17)28-21/h1-6,11H,7-10,12-13H2,(H,24,27)/i13D2. The zero-order valence-corrected chi connectivity index (χ0v) is 15.0. The van der Waals surface area contributed by atoms with E-state index in [0.29, 0.717) is 18.6 Å². The number of halogens is 2. The van der Waals surface area contributed by atoms with Crippen LogP contribution in [-0.4, -0.2) is 35.4 Å². The number of ketones is 1. The van der Waals surface area contributed by atoms with Gasteiger partial charge in [0.1, 0.15) is 23.0 Å². The van der Waals surface area contributed by atoms with Gasteiger partial charge in [0.15, 0.2) is 5.78 Å². The minimum absolute atomic E-state index is 0.106. The van der Waals surface area contributed by atoms with Crippen LogP contribution in [0.4, 0.5) is 13.6 Å². The molecule has 0 bridgehead atoms. The number of hydrogen-bond donors (Lipinski definition) is 1. The lowest BCUT2D eigenvalue weighted by atomic mass is 9.82. The molecule has 2 aliphatic heterocycles. The lowest BCUT2D eigenvalue weighted by molar-refractivity contribution is -0.000805. The van der Waals surface area contributed by atoms with Crippen LogP contribution in [0.5, 0.6) is 5.75 Å². The number of benzene rings is 2. The number of nitrogens with one attached hydrogen (secondary N) is 1. The van der Waals surface area contributed by atoms with Gasteiger partial charge in [0, 0.05) is 32.4 Å². The summed E-state index contributed by atoms with van der Waals surface area (Å²) in [7, 11) is 0. The van der Waals surface area contributed by atoms with Gasteiger partial charge in [-0.3, -0.25) is 4.79 Å². The summed E-state index contributed by atoms with van der Waals surface area (Å²) in [6.45, 7) is -1.62. The Labute approximate surface area is 164 Å². The number of urea groups is 1. The van der Waals surface area contributed by atoms with Crippen LogP contribution in [0, 0.1) is 11.6 Å². The predicted octanol–water partition coefficient (Wildman–Crippen LogP) is 3.67. The maximum atomic E-state index is 13.4. The zero-order chi connectivity index (χ0) is 21.5. The summed E-state index contributed by atoms with van der Waals surface area (Å²) >= 11 is 0. The van der Waals surface area contributed by atoms with Crippen LogP contribution < -0.4 is 10.1 Å². The molecule has 1 saturated heterocycles. The Kier molecular flexibility index (Phi) is 4.14. The average molecular weight is 388 g/mol. The summed E-state index contributed by atoms with van der Waals surface area (Å²) < 4.78 is 48.7. The van der Waals surface area contributed by atoms with Gasteiger partial charge in [-0.25, -0.2) is 13.6 Å². The van der Waals surface area contributed by atoms with Crippen molar-refractivity contribution in [3.8, 4) is 5.75 Å². The number of ether oxygens (including phenoxy) is 1. The normalized spacial score (nSPS) is 19.4. The van der Waals surface area contributed by atoms with Crippen LogP contribution in [-0.2, 0) is 6.50 Å². The second-order valence-corrected chi connectivity index (χ2v) is 7.07. The summed E-state index contributed by atoms with van der Waals surface area (Å²) in [6, 6.07) is 8.08. The van der Waals surface area contributed by atoms with Gasteiger partial charge in [-0.1, -0.05) is 12.1 Å². The van der Waals surface area contributed by atoms with Crippen LogP contribution >= 0.6 is 0 Å². The number of piperidine rings is 1. The van der Waals surface area contributed by atoms with Gasteiger partial charge in [0.25, 0.3) is 0 Å². The van der Waals surface area contributed by atoms with E-state index < -0.39 is 29.8 Å². The molecule has 2 heterocycles. The SMILES string of the molecule is [2H]C([2H])(NC(=O)N1CCC2(CC1)CC(=O)c1cc(F)ccc1O2)c1ccc(F)cc1. The van der Waals surface area contributed by atoms with Crippen molar-refractivity contribution in [1.29, 1.82) is 0 Å². The number of Topliss-reactive ketones (excluding diaryl/α,β-unsaturated/α-hetero) is 1. The Balaban J connectivity index is 1.41. The average Bonchev–Trinajstić information content (AvgIpc) is 2.69. The highest BCUT2D eigenvalue weighted by Crippen LogP contribution is 2.39. The first kappa shape index (κ1) is 16.0. The fourth-order valence-electron chi connectivity index (χ4n) is 3.60. The molecule has 0 aromatic heterocycles. The molecule has 2 aromatic rings. The maximum Gasteiger partial charge on any atom is 0.317 e. The molecule has 0 radical (unpaired) electrons. The molecule has 2 aliphatic rings. The highest BCUT2D eigenvalue weighted by atomic mass is 19.1. The Bertz CT molecular complexity index is 990. The van der Waals surface area contributed by atoms with Gasteiger partial charge >= 0.3 is 6.03 Å². The number of rotatable bonds is 2. The molecule has 0 unspecified atom stereocenters. The van der Waals surface area contributed by atoms with Crippen molar-refractivity contribution in [1.82, 2.24) is 10.2 Å². The topological polar surface area (TPSA) is 58.6 Å². The van der Waals surface area contributed by atoms with E-state index >= 15 is 0 Å². The number of fused-ring (bicyclic) bond motifs is 1. The molecule has 2 aromatic carbocycles. The monoisotopic (exact) mass is 388 g/mol. The molecule has 0 atom stereocenters. The van der Waals surface area contributed by atoms with Gasteiger partial charge in [-0.15, -0.1) is 0 Å². The number of likely N-dealkylation sites (tertiary alicyclic amines) is 1. The molecule has 2 amide bonds. The molecule has 1 spiro atoms. The van der Waals surface area contributed by atoms with Crippen molar-refractivity contribution >= 4 is 11.8 Å². The highest BCUT2D eigenvalue weighted by Gasteiger charge is 2.43. The quantitative estimate of drug-likeness (QED) is 0.854. The van der Waals surface area contributed by atoms with Gasteiger partial charge in [0.2, 0.25) is 0 Å². The molecule has 7 heteroatoms. The van der Waals surface area contributed by atoms with Gasteiger partial charge in [-0.05, 0) is 35.9 Å². The molecule has 5 nitrogen and oxygen atoms in total. The van der Waals surface area contributed by atoms with Crippen molar-refractivity contribution < 1.29 is 25.8 Å². The van der Waals surface area contributed by atoms with E-state index in [0.717, 1.165) is 12.1 Å². The molecule has 1 N–H and O–H groups in total. The van der Waals surface area contributed by atoms with E-state index in [2.05, 4.69) is 5.32 Å². The van der Waals surface area contributed by atoms with Crippen LogP contribution in [0.25, 0.3) is 0 Å². The van der Waals surface area contributed by atoms with Crippen molar-refractivity contribution in [2.45, 2.75) is 31.4 Å². The second-order valence-electron chi connectivity index (χ2n) is 7.07. The third-order valence-corrected chi connectivity index (χ3v) is 5.17. The summed E-state index contributed by atoms with van der Waals surface area (Å²) in [6.07, 6.45) is 0.889. The first-order chi connectivity index (χ1) is 14.2. The van der Waals surface area contributed by atoms with Crippen LogP contribution in [0.3, 0.4) is 0 Å². The summed E-state index contributed by atoms with van der Waals surface area (Å²) in [5, 5.41) is 2.33. The van der Waals surface area contributed by atoms with E-state index in [-0.39, 0.29) is 36.4 Å². The Morgan fingerprint density at radius 1 is 1.14 bits per heavy atom. The summed E-state index contributed by atoms with van der Waals surface area (Å²) in [4.78, 5) is 26.5. The molecule has 146 valence electrons. The summed E-state index contributed by atoms with van der Waals surface area (Å²) in [5.74, 6) is -0.836. The molecule has 1 fully saturated rings. The number of amides is 2. The lowest BCUT2D eigenvalue weighted by Gasteiger charge is -2.43. The van der Waals surface area contributed by atoms with Crippen LogP contribution in [0.15, 0.2) is 42.5 Å². The zero-order valence-electron chi connectivity index (χ0n) is 17.0. The van der Waals surface area contributed by atoms with Crippen molar-refractivity contribution in [2.24, 2.45) is 0 Å². The fourth-order valence-corrected chi connectivity index (χ4v) is 3.60. The number of carbonyl (C=O) groups excluding carboxylic acids is 2. The largest absolute Gasteiger partial charge is 0.486 e.